The lowest BCUT2D eigenvalue weighted by Gasteiger charge is -2.30. The standard InChI is InChI=1S/C13H26N2OS/c1-3-13(4-2,10-14)12(16)15-9-11-5-7-17-8-6-11/h11H,3-10,14H2,1-2H3,(H,15,16). The molecule has 4 heteroatoms. The maximum Gasteiger partial charge on any atom is 0.227 e. The predicted octanol–water partition coefficient (Wildman–Crippen LogP) is 2.01. The van der Waals surface area contributed by atoms with E-state index in [0.29, 0.717) is 12.5 Å². The summed E-state index contributed by atoms with van der Waals surface area (Å²) in [6.45, 7) is 5.38. The van der Waals surface area contributed by atoms with Crippen molar-refractivity contribution < 1.29 is 4.79 Å². The summed E-state index contributed by atoms with van der Waals surface area (Å²) in [4.78, 5) is 12.2. The molecule has 1 amide bonds. The number of carbonyl (C=O) groups is 1. The normalized spacial score (nSPS) is 18.1. The summed E-state index contributed by atoms with van der Waals surface area (Å²) < 4.78 is 0. The average molecular weight is 258 g/mol. The lowest BCUT2D eigenvalue weighted by molar-refractivity contribution is -0.131. The first-order chi connectivity index (χ1) is 8.18. The summed E-state index contributed by atoms with van der Waals surface area (Å²) in [5, 5.41) is 3.12. The van der Waals surface area contributed by atoms with Crippen LogP contribution in [-0.2, 0) is 4.79 Å². The van der Waals surface area contributed by atoms with Crippen molar-refractivity contribution in [1.82, 2.24) is 5.32 Å². The third-order valence-corrected chi connectivity index (χ3v) is 5.17. The lowest BCUT2D eigenvalue weighted by Crippen LogP contribution is -2.46. The second kappa shape index (κ2) is 7.27. The minimum Gasteiger partial charge on any atom is -0.355 e. The van der Waals surface area contributed by atoms with E-state index in [9.17, 15) is 4.79 Å². The first-order valence-corrected chi connectivity index (χ1v) is 7.90. The molecule has 1 aliphatic rings. The molecule has 3 N–H and O–H groups in total. The first kappa shape index (κ1) is 14.8. The average Bonchev–Trinajstić information content (AvgIpc) is 2.40. The van der Waals surface area contributed by atoms with Gasteiger partial charge < -0.3 is 11.1 Å². The van der Waals surface area contributed by atoms with E-state index in [0.717, 1.165) is 19.4 Å². The highest BCUT2D eigenvalue weighted by atomic mass is 32.2. The smallest absolute Gasteiger partial charge is 0.227 e. The number of carbonyl (C=O) groups excluding carboxylic acids is 1. The SMILES string of the molecule is CCC(CC)(CN)C(=O)NCC1CCSCC1. The molecule has 0 spiro atoms. The van der Waals surface area contributed by atoms with Gasteiger partial charge in [0.25, 0.3) is 0 Å². The summed E-state index contributed by atoms with van der Waals surface area (Å²) in [6, 6.07) is 0. The van der Waals surface area contributed by atoms with Crippen molar-refractivity contribution >= 4 is 17.7 Å². The molecule has 17 heavy (non-hydrogen) atoms. The molecule has 0 unspecified atom stereocenters. The largest absolute Gasteiger partial charge is 0.355 e. The van der Waals surface area contributed by atoms with E-state index in [-0.39, 0.29) is 11.3 Å². The van der Waals surface area contributed by atoms with Crippen LogP contribution in [0.1, 0.15) is 39.5 Å². The Morgan fingerprint density at radius 2 is 1.94 bits per heavy atom. The molecular formula is C13H26N2OS. The molecule has 0 bridgehead atoms. The number of nitrogens with one attached hydrogen (secondary N) is 1. The lowest BCUT2D eigenvalue weighted by atomic mass is 9.81. The number of thioether (sulfide) groups is 1. The fraction of sp³-hybridized carbons (Fsp3) is 0.923. The molecule has 1 aliphatic heterocycles. The molecule has 0 aliphatic carbocycles. The number of hydrogen-bond acceptors (Lipinski definition) is 3. The van der Waals surface area contributed by atoms with Crippen LogP contribution in [0.5, 0.6) is 0 Å². The van der Waals surface area contributed by atoms with Crippen LogP contribution < -0.4 is 11.1 Å². The summed E-state index contributed by atoms with van der Waals surface area (Å²) in [5.74, 6) is 3.31. The quantitative estimate of drug-likeness (QED) is 0.766. The van der Waals surface area contributed by atoms with Crippen LogP contribution in [-0.4, -0.2) is 30.5 Å². The van der Waals surface area contributed by atoms with E-state index in [1.165, 1.54) is 24.3 Å². The second-order valence-corrected chi connectivity index (χ2v) is 6.18. The van der Waals surface area contributed by atoms with Gasteiger partial charge in [0.1, 0.15) is 0 Å². The molecule has 1 saturated heterocycles. The Kier molecular flexibility index (Phi) is 6.34. The Hall–Kier alpha value is -0.220. The Labute approximate surface area is 109 Å². The third kappa shape index (κ3) is 3.88. The van der Waals surface area contributed by atoms with Gasteiger partial charge in [0.2, 0.25) is 5.91 Å². The van der Waals surface area contributed by atoms with Crippen LogP contribution in [0.25, 0.3) is 0 Å². The second-order valence-electron chi connectivity index (χ2n) is 4.96. The zero-order valence-corrected chi connectivity index (χ0v) is 11.9. The summed E-state index contributed by atoms with van der Waals surface area (Å²) in [7, 11) is 0. The molecule has 1 fully saturated rings. The van der Waals surface area contributed by atoms with Gasteiger partial charge in [0.05, 0.1) is 5.41 Å². The van der Waals surface area contributed by atoms with E-state index in [1.54, 1.807) is 0 Å². The molecule has 1 heterocycles. The van der Waals surface area contributed by atoms with Crippen molar-refractivity contribution in [2.75, 3.05) is 24.6 Å². The Balaban J connectivity index is 2.41. The Bertz CT molecular complexity index is 227. The van der Waals surface area contributed by atoms with Gasteiger partial charge in [-0.15, -0.1) is 0 Å². The Morgan fingerprint density at radius 3 is 2.41 bits per heavy atom. The summed E-state index contributed by atoms with van der Waals surface area (Å²) >= 11 is 2.02. The van der Waals surface area contributed by atoms with Crippen LogP contribution in [0.15, 0.2) is 0 Å². The van der Waals surface area contributed by atoms with Gasteiger partial charge in [0.15, 0.2) is 0 Å². The fourth-order valence-electron chi connectivity index (χ4n) is 2.33. The monoisotopic (exact) mass is 258 g/mol. The molecular weight excluding hydrogens is 232 g/mol. The Morgan fingerprint density at radius 1 is 1.35 bits per heavy atom. The van der Waals surface area contributed by atoms with Crippen LogP contribution in [0, 0.1) is 11.3 Å². The third-order valence-electron chi connectivity index (χ3n) is 4.12. The minimum absolute atomic E-state index is 0.156. The van der Waals surface area contributed by atoms with E-state index in [4.69, 9.17) is 5.73 Å². The first-order valence-electron chi connectivity index (χ1n) is 6.74. The number of rotatable bonds is 6. The summed E-state index contributed by atoms with van der Waals surface area (Å²) in [5.41, 5.74) is 5.43. The van der Waals surface area contributed by atoms with Crippen molar-refractivity contribution in [2.24, 2.45) is 17.1 Å². The highest BCUT2D eigenvalue weighted by Gasteiger charge is 2.33. The van der Waals surface area contributed by atoms with Crippen molar-refractivity contribution in [1.29, 1.82) is 0 Å². The maximum absolute atomic E-state index is 12.2. The fourth-order valence-corrected chi connectivity index (χ4v) is 3.53. The van der Waals surface area contributed by atoms with Gasteiger partial charge in [-0.2, -0.15) is 11.8 Å². The van der Waals surface area contributed by atoms with Gasteiger partial charge in [-0.25, -0.2) is 0 Å². The number of nitrogens with two attached hydrogens (primary N) is 1. The molecule has 0 saturated carbocycles. The zero-order chi connectivity index (χ0) is 12.7. The van der Waals surface area contributed by atoms with E-state index >= 15 is 0 Å². The molecule has 1 rings (SSSR count). The van der Waals surface area contributed by atoms with Crippen molar-refractivity contribution in [3.8, 4) is 0 Å². The van der Waals surface area contributed by atoms with E-state index in [1.807, 2.05) is 25.6 Å². The van der Waals surface area contributed by atoms with Gasteiger partial charge in [0, 0.05) is 13.1 Å². The highest BCUT2D eigenvalue weighted by molar-refractivity contribution is 7.99. The van der Waals surface area contributed by atoms with Crippen LogP contribution in [0.4, 0.5) is 0 Å². The highest BCUT2D eigenvalue weighted by Crippen LogP contribution is 2.26. The van der Waals surface area contributed by atoms with Gasteiger partial charge in [-0.1, -0.05) is 13.8 Å². The van der Waals surface area contributed by atoms with Crippen molar-refractivity contribution in [3.05, 3.63) is 0 Å². The topological polar surface area (TPSA) is 55.1 Å². The van der Waals surface area contributed by atoms with Gasteiger partial charge in [-0.05, 0) is 43.1 Å². The van der Waals surface area contributed by atoms with Crippen LogP contribution in [0.3, 0.4) is 0 Å². The maximum atomic E-state index is 12.2. The molecule has 0 aromatic rings. The number of amides is 1. The molecule has 0 aromatic heterocycles. The zero-order valence-electron chi connectivity index (χ0n) is 11.1. The van der Waals surface area contributed by atoms with Gasteiger partial charge in [-0.3, -0.25) is 4.79 Å². The molecule has 0 aromatic carbocycles. The minimum atomic E-state index is -0.344. The predicted molar refractivity (Wildman–Crippen MR) is 75.1 cm³/mol. The molecule has 3 nitrogen and oxygen atoms in total. The van der Waals surface area contributed by atoms with Crippen LogP contribution in [0.2, 0.25) is 0 Å². The molecule has 100 valence electrons. The molecule has 0 atom stereocenters. The van der Waals surface area contributed by atoms with E-state index in [2.05, 4.69) is 5.32 Å². The molecule has 0 radical (unpaired) electrons. The van der Waals surface area contributed by atoms with Crippen molar-refractivity contribution in [3.63, 3.8) is 0 Å². The summed E-state index contributed by atoms with van der Waals surface area (Å²) in [6.07, 6.45) is 4.12. The van der Waals surface area contributed by atoms with Crippen molar-refractivity contribution in [2.45, 2.75) is 39.5 Å². The number of hydrogen-bond donors (Lipinski definition) is 2. The van der Waals surface area contributed by atoms with E-state index < -0.39 is 0 Å². The van der Waals surface area contributed by atoms with Crippen LogP contribution >= 0.6 is 11.8 Å². The van der Waals surface area contributed by atoms with Gasteiger partial charge >= 0.3 is 0 Å².